The number of nitrogens with one attached hydrogen (secondary N) is 2. The summed E-state index contributed by atoms with van der Waals surface area (Å²) in [5.74, 6) is 0.0399. The molecule has 144 valence electrons. The van der Waals surface area contributed by atoms with E-state index >= 15 is 0 Å². The van der Waals surface area contributed by atoms with Crippen molar-refractivity contribution in [3.05, 3.63) is 88.4 Å². The smallest absolute Gasteiger partial charge is 0.234 e. The summed E-state index contributed by atoms with van der Waals surface area (Å²) < 4.78 is 0. The normalized spacial score (nSPS) is 18.5. The van der Waals surface area contributed by atoms with E-state index in [1.807, 2.05) is 41.9 Å². The Bertz CT molecular complexity index is 870. The molecule has 0 radical (unpaired) electrons. The number of carbonyl (C=O) groups excluding carboxylic acids is 1. The number of hydrogen-bond donors (Lipinski definition) is 2. The maximum Gasteiger partial charge on any atom is 0.234 e. The minimum Gasteiger partial charge on any atom is -0.343 e. The Balaban J connectivity index is 1.48. The molecule has 0 bridgehead atoms. The van der Waals surface area contributed by atoms with Crippen molar-refractivity contribution in [2.24, 2.45) is 0 Å². The third-order valence-electron chi connectivity index (χ3n) is 5.04. The van der Waals surface area contributed by atoms with Gasteiger partial charge < -0.3 is 10.6 Å². The van der Waals surface area contributed by atoms with Crippen LogP contribution in [0.25, 0.3) is 0 Å². The summed E-state index contributed by atoms with van der Waals surface area (Å²) in [6.07, 6.45) is 3.67. The number of benzene rings is 1. The molecule has 1 amide bonds. The summed E-state index contributed by atoms with van der Waals surface area (Å²) in [4.78, 5) is 20.6. The fraction of sp³-hybridized carbons (Fsp3) is 0.273. The Hall–Kier alpha value is -2.54. The van der Waals surface area contributed by atoms with Gasteiger partial charge in [0.2, 0.25) is 5.91 Å². The van der Waals surface area contributed by atoms with E-state index in [-0.39, 0.29) is 18.0 Å². The molecule has 3 heterocycles. The van der Waals surface area contributed by atoms with Crippen molar-refractivity contribution in [2.75, 3.05) is 26.2 Å². The Morgan fingerprint density at radius 1 is 1.21 bits per heavy atom. The highest BCUT2D eigenvalue weighted by molar-refractivity contribution is 7.10. The van der Waals surface area contributed by atoms with Gasteiger partial charge in [0, 0.05) is 42.9 Å². The van der Waals surface area contributed by atoms with Crippen LogP contribution in [0.5, 0.6) is 0 Å². The maximum absolute atomic E-state index is 13.0. The molecule has 1 aliphatic rings. The number of carbonyl (C=O) groups is 1. The van der Waals surface area contributed by atoms with Crippen LogP contribution in [0.3, 0.4) is 0 Å². The molecule has 2 N–H and O–H groups in total. The minimum absolute atomic E-state index is 0.0399. The van der Waals surface area contributed by atoms with Crippen molar-refractivity contribution in [1.29, 1.82) is 0 Å². The molecule has 2 aromatic heterocycles. The number of hydrogen-bond acceptors (Lipinski definition) is 5. The van der Waals surface area contributed by atoms with E-state index < -0.39 is 0 Å². The Morgan fingerprint density at radius 3 is 2.86 bits per heavy atom. The zero-order valence-electron chi connectivity index (χ0n) is 15.6. The van der Waals surface area contributed by atoms with E-state index in [9.17, 15) is 4.79 Å². The van der Waals surface area contributed by atoms with Gasteiger partial charge in [0.15, 0.2) is 0 Å². The van der Waals surface area contributed by atoms with Crippen LogP contribution in [0.1, 0.15) is 28.1 Å². The largest absolute Gasteiger partial charge is 0.343 e. The molecular weight excluding hydrogens is 368 g/mol. The summed E-state index contributed by atoms with van der Waals surface area (Å²) in [7, 11) is 0. The molecule has 28 heavy (non-hydrogen) atoms. The molecular formula is C22H24N4OS. The molecule has 1 aliphatic heterocycles. The van der Waals surface area contributed by atoms with Crippen LogP contribution < -0.4 is 10.6 Å². The third kappa shape index (κ3) is 4.47. The predicted octanol–water partition coefficient (Wildman–Crippen LogP) is 3.00. The number of piperazine rings is 1. The molecule has 0 saturated carbocycles. The number of pyridine rings is 1. The average molecular weight is 393 g/mol. The predicted molar refractivity (Wildman–Crippen MR) is 112 cm³/mol. The number of amides is 1. The summed E-state index contributed by atoms with van der Waals surface area (Å²) in [6.45, 7) is 2.92. The summed E-state index contributed by atoms with van der Waals surface area (Å²) >= 11 is 1.66. The lowest BCUT2D eigenvalue weighted by molar-refractivity contribution is -0.123. The summed E-state index contributed by atoms with van der Waals surface area (Å²) in [5, 5.41) is 8.72. The van der Waals surface area contributed by atoms with Crippen LogP contribution in [0.4, 0.5) is 0 Å². The molecule has 2 unspecified atom stereocenters. The van der Waals surface area contributed by atoms with Crippen molar-refractivity contribution in [3.63, 3.8) is 0 Å². The fourth-order valence-corrected chi connectivity index (χ4v) is 4.45. The second kappa shape index (κ2) is 9.10. The van der Waals surface area contributed by atoms with Gasteiger partial charge in [0.1, 0.15) is 0 Å². The van der Waals surface area contributed by atoms with Gasteiger partial charge in [-0.25, -0.2) is 0 Å². The van der Waals surface area contributed by atoms with Crippen LogP contribution in [0.15, 0.2) is 72.4 Å². The topological polar surface area (TPSA) is 57.3 Å². The molecule has 0 spiro atoms. The van der Waals surface area contributed by atoms with Crippen molar-refractivity contribution in [3.8, 4) is 0 Å². The van der Waals surface area contributed by atoms with E-state index in [4.69, 9.17) is 0 Å². The highest BCUT2D eigenvalue weighted by atomic mass is 32.1. The fourth-order valence-electron chi connectivity index (χ4n) is 3.65. The Kier molecular flexibility index (Phi) is 6.11. The maximum atomic E-state index is 13.0. The van der Waals surface area contributed by atoms with Gasteiger partial charge in [-0.2, -0.15) is 0 Å². The SMILES string of the molecule is O=C(CN1CCNCC1c1cccnc1)NC(c1ccccc1)c1cccs1. The molecule has 5 nitrogen and oxygen atoms in total. The van der Waals surface area contributed by atoms with Gasteiger partial charge in [-0.15, -0.1) is 11.3 Å². The number of nitrogens with zero attached hydrogens (tertiary/aromatic N) is 2. The lowest BCUT2D eigenvalue weighted by Gasteiger charge is -2.36. The molecule has 4 rings (SSSR count). The van der Waals surface area contributed by atoms with Crippen molar-refractivity contribution >= 4 is 17.2 Å². The van der Waals surface area contributed by atoms with Gasteiger partial charge in [-0.1, -0.05) is 42.5 Å². The monoisotopic (exact) mass is 392 g/mol. The zero-order valence-corrected chi connectivity index (χ0v) is 16.4. The lowest BCUT2D eigenvalue weighted by atomic mass is 10.0. The second-order valence-corrected chi connectivity index (χ2v) is 7.88. The van der Waals surface area contributed by atoms with Gasteiger partial charge in [-0.3, -0.25) is 14.7 Å². The zero-order chi connectivity index (χ0) is 19.2. The van der Waals surface area contributed by atoms with E-state index in [1.165, 1.54) is 0 Å². The van der Waals surface area contributed by atoms with E-state index in [1.54, 1.807) is 17.5 Å². The first-order valence-electron chi connectivity index (χ1n) is 9.53. The first-order valence-corrected chi connectivity index (χ1v) is 10.4. The first kappa shape index (κ1) is 18.8. The van der Waals surface area contributed by atoms with Crippen LogP contribution in [-0.2, 0) is 4.79 Å². The molecule has 1 fully saturated rings. The molecule has 6 heteroatoms. The van der Waals surface area contributed by atoms with Crippen molar-refractivity contribution < 1.29 is 4.79 Å². The minimum atomic E-state index is -0.117. The van der Waals surface area contributed by atoms with Gasteiger partial charge >= 0.3 is 0 Å². The first-order chi connectivity index (χ1) is 13.8. The van der Waals surface area contributed by atoms with Crippen LogP contribution in [-0.4, -0.2) is 42.0 Å². The quantitative estimate of drug-likeness (QED) is 0.677. The van der Waals surface area contributed by atoms with E-state index in [0.29, 0.717) is 6.54 Å². The highest BCUT2D eigenvalue weighted by Gasteiger charge is 2.27. The Morgan fingerprint density at radius 2 is 2.11 bits per heavy atom. The average Bonchev–Trinajstić information content (AvgIpc) is 3.28. The molecule has 2 atom stereocenters. The number of thiophene rings is 1. The lowest BCUT2D eigenvalue weighted by Crippen LogP contribution is -2.49. The van der Waals surface area contributed by atoms with Crippen LogP contribution >= 0.6 is 11.3 Å². The summed E-state index contributed by atoms with van der Waals surface area (Å²) in [5.41, 5.74) is 2.24. The Labute approximate surface area is 169 Å². The van der Waals surface area contributed by atoms with E-state index in [2.05, 4.69) is 44.8 Å². The molecule has 0 aliphatic carbocycles. The van der Waals surface area contributed by atoms with Crippen molar-refractivity contribution in [1.82, 2.24) is 20.5 Å². The van der Waals surface area contributed by atoms with Crippen molar-refractivity contribution in [2.45, 2.75) is 12.1 Å². The highest BCUT2D eigenvalue weighted by Crippen LogP contribution is 2.26. The molecule has 3 aromatic rings. The van der Waals surface area contributed by atoms with Gasteiger partial charge in [0.25, 0.3) is 0 Å². The van der Waals surface area contributed by atoms with Crippen LogP contribution in [0.2, 0.25) is 0 Å². The molecule has 1 aromatic carbocycles. The third-order valence-corrected chi connectivity index (χ3v) is 5.97. The van der Waals surface area contributed by atoms with Crippen LogP contribution in [0, 0.1) is 0 Å². The number of aromatic nitrogens is 1. The standard InChI is InChI=1S/C22H24N4OS/c27-21(16-26-12-11-24-15-19(26)18-8-4-10-23-14-18)25-22(20-9-5-13-28-20)17-6-2-1-3-7-17/h1-10,13-14,19,22,24H,11-12,15-16H2,(H,25,27). The van der Waals surface area contributed by atoms with Gasteiger partial charge in [-0.05, 0) is 28.6 Å². The number of rotatable bonds is 6. The molecule has 1 saturated heterocycles. The summed E-state index contributed by atoms with van der Waals surface area (Å²) in [6, 6.07) is 18.3. The van der Waals surface area contributed by atoms with Gasteiger partial charge in [0.05, 0.1) is 12.6 Å². The second-order valence-electron chi connectivity index (χ2n) is 6.90. The van der Waals surface area contributed by atoms with E-state index in [0.717, 1.165) is 35.6 Å².